The zero-order valence-corrected chi connectivity index (χ0v) is 49.1. The summed E-state index contributed by atoms with van der Waals surface area (Å²) in [6, 6.07) is 42.5. The van der Waals surface area contributed by atoms with Gasteiger partial charge in [-0.05, 0) is 107 Å². The topological polar surface area (TPSA) is 361 Å². The zero-order chi connectivity index (χ0) is 65.7. The maximum Gasteiger partial charge on any atom is 0.344 e. The monoisotopic (exact) mass is 1230 g/mol. The minimum Gasteiger partial charge on any atom is -0.508 e. The first-order chi connectivity index (χ1) is 42.0. The summed E-state index contributed by atoms with van der Waals surface area (Å²) in [7, 11) is 0. The zero-order valence-electron chi connectivity index (χ0n) is 49.1. The molecule has 470 valence electrons. The average Bonchev–Trinajstić information content (AvgIpc) is 3.07. The van der Waals surface area contributed by atoms with Crippen LogP contribution in [0.2, 0.25) is 0 Å². The highest BCUT2D eigenvalue weighted by Gasteiger charge is 2.21. The molecule has 0 bridgehead atoms. The highest BCUT2D eigenvalue weighted by atomic mass is 16.6. The van der Waals surface area contributed by atoms with E-state index in [-0.39, 0.29) is 101 Å². The molecule has 89 heavy (non-hydrogen) atoms. The van der Waals surface area contributed by atoms with Crippen molar-refractivity contribution in [1.29, 1.82) is 0 Å². The van der Waals surface area contributed by atoms with Crippen LogP contribution < -0.4 is 18.9 Å². The minimum atomic E-state index is -1.20. The van der Waals surface area contributed by atoms with Crippen molar-refractivity contribution >= 4 is 47.8 Å². The molecular formula is C65H66O24. The van der Waals surface area contributed by atoms with Crippen molar-refractivity contribution in [3.05, 3.63) is 203 Å². The third-order valence-corrected chi connectivity index (χ3v) is 10.4. The lowest BCUT2D eigenvalue weighted by Crippen LogP contribution is -2.27. The number of aliphatic carboxylic acids is 2. The summed E-state index contributed by atoms with van der Waals surface area (Å²) < 4.78 is 47.2. The van der Waals surface area contributed by atoms with Crippen LogP contribution in [0.1, 0.15) is 99.7 Å². The standard InChI is InChI=1S/C26H32O8.C18H16O8.C14H12O4.C7H6O4/c1-25(2,3)33-22(27)16-30-20-12-19(24(29)32-15-18-10-8-7-9-11-18)13-21(14-20)31-17-23(28)34-26(4,5)6;19-16(20)10-24-14-6-13(7-15(8-14)25-11-17(21)22)18(23)26-9-12-4-2-1-3-5-12;15-12-6-11(7-13(16)8-12)14(17)18-9-10-4-2-1-3-5-10;8-5-1-4(7(10)11)2-6(9)3-5/h7-14H,15-17H2,1-6H3;1-8H,9-11H2,(H,19,20)(H,21,22);1-8,15-16H,9H2;1-3,8-9H,(H,10,11). The molecule has 0 heterocycles. The summed E-state index contributed by atoms with van der Waals surface area (Å²) in [6.45, 7) is 8.77. The number of ether oxygens (including phenoxy) is 9. The van der Waals surface area contributed by atoms with E-state index >= 15 is 0 Å². The summed E-state index contributed by atoms with van der Waals surface area (Å²) in [6.07, 6.45) is 0. The molecule has 0 spiro atoms. The second kappa shape index (κ2) is 34.6. The van der Waals surface area contributed by atoms with E-state index < -0.39 is 72.2 Å². The summed E-state index contributed by atoms with van der Waals surface area (Å²) in [5, 5.41) is 61.9. The summed E-state index contributed by atoms with van der Waals surface area (Å²) in [5.74, 6) is -7.05. The number of carboxylic acid groups (broad SMARTS) is 3. The van der Waals surface area contributed by atoms with Crippen molar-refractivity contribution in [2.75, 3.05) is 26.4 Å². The molecule has 0 fully saturated rings. The molecule has 0 atom stereocenters. The van der Waals surface area contributed by atoms with E-state index in [2.05, 4.69) is 0 Å². The molecule has 0 unspecified atom stereocenters. The SMILES string of the molecule is CC(C)(C)OC(=O)COc1cc(OCC(=O)OC(C)(C)C)cc(C(=O)OCc2ccccc2)c1.O=C(O)COc1cc(OCC(=O)O)cc(C(=O)OCc2ccccc2)c1.O=C(O)c1cc(O)cc(O)c1.O=C(OCc1ccccc1)c1cc(O)cc(O)c1. The van der Waals surface area contributed by atoms with Crippen LogP contribution in [-0.2, 0) is 62.7 Å². The minimum absolute atomic E-state index is 0.0435. The number of carbonyl (C=O) groups excluding carboxylic acids is 5. The summed E-state index contributed by atoms with van der Waals surface area (Å²) in [5.41, 5.74) is 1.33. The molecule has 7 N–H and O–H groups in total. The van der Waals surface area contributed by atoms with Gasteiger partial charge in [-0.1, -0.05) is 91.0 Å². The molecule has 24 nitrogen and oxygen atoms in total. The van der Waals surface area contributed by atoms with Crippen molar-refractivity contribution in [2.24, 2.45) is 0 Å². The fourth-order valence-corrected chi connectivity index (χ4v) is 6.88. The number of hydrogen-bond donors (Lipinski definition) is 7. The van der Waals surface area contributed by atoms with Gasteiger partial charge in [0.25, 0.3) is 0 Å². The van der Waals surface area contributed by atoms with Crippen molar-refractivity contribution in [3.8, 4) is 46.0 Å². The van der Waals surface area contributed by atoms with Crippen LogP contribution in [0.15, 0.2) is 164 Å². The Balaban J connectivity index is 0.000000271. The van der Waals surface area contributed by atoms with E-state index in [9.17, 15) is 48.6 Å². The van der Waals surface area contributed by atoms with Crippen LogP contribution in [-0.4, -0.2) is 121 Å². The normalized spacial score (nSPS) is 10.4. The van der Waals surface area contributed by atoms with Crippen molar-refractivity contribution in [3.63, 3.8) is 0 Å². The van der Waals surface area contributed by atoms with Crippen molar-refractivity contribution in [2.45, 2.75) is 72.6 Å². The van der Waals surface area contributed by atoms with Gasteiger partial charge < -0.3 is 78.4 Å². The van der Waals surface area contributed by atoms with Gasteiger partial charge in [0.15, 0.2) is 26.4 Å². The second-order valence-electron chi connectivity index (χ2n) is 20.5. The van der Waals surface area contributed by atoms with Gasteiger partial charge in [0.1, 0.15) is 77.0 Å². The molecular weight excluding hydrogens is 1160 g/mol. The van der Waals surface area contributed by atoms with E-state index in [1.807, 2.05) is 66.7 Å². The van der Waals surface area contributed by atoms with Gasteiger partial charge in [-0.25, -0.2) is 38.4 Å². The first kappa shape index (κ1) is 70.2. The molecule has 7 rings (SSSR count). The first-order valence-electron chi connectivity index (χ1n) is 26.6. The van der Waals surface area contributed by atoms with E-state index in [0.29, 0.717) is 0 Å². The molecule has 7 aromatic rings. The summed E-state index contributed by atoms with van der Waals surface area (Å²) >= 11 is 0. The first-order valence-corrected chi connectivity index (χ1v) is 26.6. The number of rotatable bonds is 22. The number of benzene rings is 7. The molecule has 0 amide bonds. The Hall–Kier alpha value is -11.3. The van der Waals surface area contributed by atoms with Gasteiger partial charge in [-0.15, -0.1) is 0 Å². The lowest BCUT2D eigenvalue weighted by Gasteiger charge is -2.20. The predicted molar refractivity (Wildman–Crippen MR) is 315 cm³/mol. The average molecular weight is 1230 g/mol. The highest BCUT2D eigenvalue weighted by Crippen LogP contribution is 2.27. The Morgan fingerprint density at radius 2 is 0.596 bits per heavy atom. The fraction of sp³-hybridized carbons (Fsp3) is 0.231. The maximum atomic E-state index is 12.7. The van der Waals surface area contributed by atoms with Crippen molar-refractivity contribution in [1.82, 2.24) is 0 Å². The van der Waals surface area contributed by atoms with Crippen LogP contribution in [0.3, 0.4) is 0 Å². The lowest BCUT2D eigenvalue weighted by atomic mass is 10.2. The van der Waals surface area contributed by atoms with E-state index in [1.54, 1.807) is 65.8 Å². The smallest absolute Gasteiger partial charge is 0.344 e. The van der Waals surface area contributed by atoms with Gasteiger partial charge in [0.2, 0.25) is 0 Å². The Kier molecular flexibility index (Phi) is 27.3. The van der Waals surface area contributed by atoms with Crippen LogP contribution in [0.4, 0.5) is 0 Å². The fourth-order valence-electron chi connectivity index (χ4n) is 6.88. The largest absolute Gasteiger partial charge is 0.508 e. The van der Waals surface area contributed by atoms with Crippen molar-refractivity contribution < 1.29 is 117 Å². The number of phenolic OH excluding ortho intramolecular Hbond substituents is 4. The van der Waals surface area contributed by atoms with E-state index in [0.717, 1.165) is 41.0 Å². The highest BCUT2D eigenvalue weighted by molar-refractivity contribution is 5.92. The quantitative estimate of drug-likeness (QED) is 0.0245. The van der Waals surface area contributed by atoms with Gasteiger partial charge in [-0.3, -0.25) is 0 Å². The third kappa shape index (κ3) is 28.9. The third-order valence-electron chi connectivity index (χ3n) is 10.4. The Labute approximate surface area is 510 Å². The number of carbonyl (C=O) groups is 8. The number of carboxylic acids is 3. The second-order valence-corrected chi connectivity index (χ2v) is 20.5. The summed E-state index contributed by atoms with van der Waals surface area (Å²) in [4.78, 5) is 92.1. The molecule has 7 aromatic carbocycles. The molecule has 0 saturated carbocycles. The van der Waals surface area contributed by atoms with Gasteiger partial charge >= 0.3 is 47.8 Å². The van der Waals surface area contributed by atoms with E-state index in [4.69, 9.17) is 68.2 Å². The Bertz CT molecular complexity index is 3370. The number of aromatic carboxylic acids is 1. The molecule has 0 radical (unpaired) electrons. The van der Waals surface area contributed by atoms with Crippen LogP contribution in [0.25, 0.3) is 0 Å². The molecule has 24 heteroatoms. The van der Waals surface area contributed by atoms with Gasteiger partial charge in [0, 0.05) is 24.3 Å². The number of phenols is 4. The molecule has 0 aromatic heterocycles. The number of esters is 5. The van der Waals surface area contributed by atoms with E-state index in [1.165, 1.54) is 48.5 Å². The van der Waals surface area contributed by atoms with Gasteiger partial charge in [-0.2, -0.15) is 0 Å². The van der Waals surface area contributed by atoms with Crippen LogP contribution in [0.5, 0.6) is 46.0 Å². The number of aromatic hydroxyl groups is 4. The molecule has 0 saturated heterocycles. The van der Waals surface area contributed by atoms with Gasteiger partial charge in [0.05, 0.1) is 22.3 Å². The predicted octanol–water partition coefficient (Wildman–Crippen LogP) is 9.71. The molecule has 0 aliphatic rings. The molecule has 0 aliphatic carbocycles. The molecule has 0 aliphatic heterocycles. The Morgan fingerprint density at radius 3 is 0.854 bits per heavy atom. The maximum absolute atomic E-state index is 12.7. The lowest BCUT2D eigenvalue weighted by molar-refractivity contribution is -0.158. The van der Waals surface area contributed by atoms with Crippen LogP contribution >= 0.6 is 0 Å². The Morgan fingerprint density at radius 1 is 0.337 bits per heavy atom. The van der Waals surface area contributed by atoms with Crippen LogP contribution in [0, 0.1) is 0 Å². The number of hydrogen-bond acceptors (Lipinski definition) is 21.